The van der Waals surface area contributed by atoms with E-state index in [1.165, 1.54) is 7.11 Å². The third-order valence-corrected chi connectivity index (χ3v) is 12.7. The summed E-state index contributed by atoms with van der Waals surface area (Å²) in [5.74, 6) is -3.93. The van der Waals surface area contributed by atoms with Crippen molar-refractivity contribution in [2.24, 2.45) is 29.1 Å². The molecule has 0 unspecified atom stereocenters. The summed E-state index contributed by atoms with van der Waals surface area (Å²) in [4.78, 5) is 56.5. The van der Waals surface area contributed by atoms with Crippen LogP contribution in [0, 0.1) is 29.1 Å². The molecule has 4 aliphatic rings. The van der Waals surface area contributed by atoms with Crippen molar-refractivity contribution < 1.29 is 38.9 Å². The lowest BCUT2D eigenvalue weighted by Crippen LogP contribution is -2.58. The standard InChI is InChI=1S/C41H59ClO8/c1-23(2)28-20-32(43)26(5)12-10-11-24(3)18-33(44)31-19-27(6)29-21-35(46)40(8,48)37-15-16-39(7,42)36(50-37)14-13-25(4)17-30(29)41(31,22-34(28)45)38(47)49-9/h12,17-18,23,28,30-31,35-37,46,48H,10-11,13-16,19-22H2,1-9H3/b24-18+,25-17+,26-12+/t28-,30+,31-,35+,36+,37-,39+,40+,41-/m0/s1. The van der Waals surface area contributed by atoms with E-state index in [1.54, 1.807) is 19.9 Å². The molecule has 9 heteroatoms. The fraction of sp³-hybridized carbons (Fsp3) is 0.707. The summed E-state index contributed by atoms with van der Waals surface area (Å²) in [6, 6.07) is 0. The Morgan fingerprint density at radius 2 is 1.68 bits per heavy atom. The number of aliphatic hydroxyl groups is 2. The molecule has 278 valence electrons. The van der Waals surface area contributed by atoms with Gasteiger partial charge in [-0.15, -0.1) is 11.6 Å². The number of allylic oxidation sites excluding steroid dienone is 7. The van der Waals surface area contributed by atoms with Gasteiger partial charge in [-0.3, -0.25) is 19.2 Å². The monoisotopic (exact) mass is 714 g/mol. The zero-order valence-electron chi connectivity index (χ0n) is 31.6. The molecule has 2 aliphatic heterocycles. The Labute approximate surface area is 303 Å². The first-order chi connectivity index (χ1) is 23.3. The van der Waals surface area contributed by atoms with Gasteiger partial charge in [0.05, 0.1) is 35.7 Å². The molecule has 2 aliphatic carbocycles. The van der Waals surface area contributed by atoms with Crippen molar-refractivity contribution in [2.45, 2.75) is 148 Å². The van der Waals surface area contributed by atoms with Gasteiger partial charge in [0.2, 0.25) is 0 Å². The second-order valence-corrected chi connectivity index (χ2v) is 17.3. The summed E-state index contributed by atoms with van der Waals surface area (Å²) in [5.41, 5.74) is 0.532. The molecule has 0 amide bonds. The van der Waals surface area contributed by atoms with E-state index in [1.807, 2.05) is 53.7 Å². The van der Waals surface area contributed by atoms with E-state index >= 15 is 0 Å². The van der Waals surface area contributed by atoms with Crippen molar-refractivity contribution in [3.05, 3.63) is 46.1 Å². The number of hydrogen-bond donors (Lipinski definition) is 2. The molecule has 0 aromatic rings. The van der Waals surface area contributed by atoms with E-state index < -0.39 is 57.9 Å². The molecular weight excluding hydrogens is 656 g/mol. The number of aliphatic hydroxyl groups excluding tert-OH is 1. The number of methoxy groups -OCH3 is 1. The molecule has 4 rings (SSSR count). The third kappa shape index (κ3) is 8.14. The lowest BCUT2D eigenvalue weighted by Gasteiger charge is -2.50. The highest BCUT2D eigenvalue weighted by molar-refractivity contribution is 6.24. The van der Waals surface area contributed by atoms with Gasteiger partial charge in [0.15, 0.2) is 11.6 Å². The van der Waals surface area contributed by atoms with Crippen molar-refractivity contribution in [3.63, 3.8) is 0 Å². The van der Waals surface area contributed by atoms with Crippen LogP contribution in [0.15, 0.2) is 46.1 Å². The van der Waals surface area contributed by atoms with Crippen molar-refractivity contribution in [1.29, 1.82) is 0 Å². The molecule has 0 aromatic heterocycles. The zero-order chi connectivity index (χ0) is 37.3. The Bertz CT molecular complexity index is 1480. The summed E-state index contributed by atoms with van der Waals surface area (Å²) in [6.45, 7) is 14.8. The van der Waals surface area contributed by atoms with Gasteiger partial charge in [0.25, 0.3) is 0 Å². The van der Waals surface area contributed by atoms with Gasteiger partial charge in [0, 0.05) is 30.6 Å². The maximum atomic E-state index is 14.7. The molecule has 1 fully saturated rings. The summed E-state index contributed by atoms with van der Waals surface area (Å²) in [6.07, 6.45) is 6.24. The van der Waals surface area contributed by atoms with Crippen LogP contribution in [0.4, 0.5) is 0 Å². The highest BCUT2D eigenvalue weighted by Crippen LogP contribution is 2.55. The molecule has 0 spiro atoms. The molecule has 50 heavy (non-hydrogen) atoms. The topological polar surface area (TPSA) is 127 Å². The number of ketones is 3. The van der Waals surface area contributed by atoms with Crippen molar-refractivity contribution in [1.82, 2.24) is 0 Å². The fourth-order valence-electron chi connectivity index (χ4n) is 8.77. The first-order valence-corrected chi connectivity index (χ1v) is 18.8. The predicted molar refractivity (Wildman–Crippen MR) is 194 cm³/mol. The highest BCUT2D eigenvalue weighted by Gasteiger charge is 2.60. The lowest BCUT2D eigenvalue weighted by atomic mass is 9.53. The van der Waals surface area contributed by atoms with Crippen molar-refractivity contribution in [3.8, 4) is 0 Å². The van der Waals surface area contributed by atoms with Crippen LogP contribution in [0.2, 0.25) is 0 Å². The van der Waals surface area contributed by atoms with Crippen LogP contribution in [-0.2, 0) is 28.7 Å². The lowest BCUT2D eigenvalue weighted by molar-refractivity contribution is -0.196. The summed E-state index contributed by atoms with van der Waals surface area (Å²) < 4.78 is 12.0. The van der Waals surface area contributed by atoms with Gasteiger partial charge in [-0.25, -0.2) is 0 Å². The van der Waals surface area contributed by atoms with E-state index in [0.29, 0.717) is 49.7 Å². The number of alkyl halides is 1. The Morgan fingerprint density at radius 1 is 1.00 bits per heavy atom. The van der Waals surface area contributed by atoms with Crippen LogP contribution in [-0.4, -0.2) is 69.4 Å². The molecule has 2 bridgehead atoms. The van der Waals surface area contributed by atoms with Crippen molar-refractivity contribution >= 4 is 34.9 Å². The SMILES string of the molecule is COC(=O)[C@]12CC(=O)[C@H](C(C)C)CC(=O)/C(C)=C/CC/C(C)=C/C(=O)[C@@H]1CC(C)=C1C[C@@H](O)[C@@](C)(O)[C@@H]3CC[C@@](C)(Cl)[C@@H](CC/C(C)=C/[C@H]12)O3. The molecule has 2 heterocycles. The average molecular weight is 715 g/mol. The minimum Gasteiger partial charge on any atom is -0.469 e. The second kappa shape index (κ2) is 15.7. The Kier molecular flexibility index (Phi) is 12.7. The molecule has 0 aromatic carbocycles. The summed E-state index contributed by atoms with van der Waals surface area (Å²) in [5, 5.41) is 23.8. The van der Waals surface area contributed by atoms with Gasteiger partial charge >= 0.3 is 5.97 Å². The van der Waals surface area contributed by atoms with Crippen molar-refractivity contribution in [2.75, 3.05) is 7.11 Å². The van der Waals surface area contributed by atoms with E-state index in [9.17, 15) is 29.4 Å². The fourth-order valence-corrected chi connectivity index (χ4v) is 9.04. The molecule has 0 radical (unpaired) electrons. The van der Waals surface area contributed by atoms with Gasteiger partial charge in [-0.2, -0.15) is 0 Å². The van der Waals surface area contributed by atoms with Crippen LogP contribution in [0.1, 0.15) is 120 Å². The first kappa shape index (κ1) is 40.4. The second-order valence-electron chi connectivity index (χ2n) is 16.4. The highest BCUT2D eigenvalue weighted by atomic mass is 35.5. The Balaban J connectivity index is 2.00. The maximum Gasteiger partial charge on any atom is 0.313 e. The van der Waals surface area contributed by atoms with Crippen LogP contribution >= 0.6 is 11.6 Å². The quantitative estimate of drug-likeness (QED) is 0.173. The van der Waals surface area contributed by atoms with E-state index in [4.69, 9.17) is 21.1 Å². The number of ether oxygens (including phenoxy) is 2. The van der Waals surface area contributed by atoms with E-state index in [0.717, 1.165) is 16.7 Å². The molecule has 9 atom stereocenters. The predicted octanol–water partition coefficient (Wildman–Crippen LogP) is 7.33. The largest absolute Gasteiger partial charge is 0.469 e. The number of hydrogen-bond acceptors (Lipinski definition) is 8. The number of carbonyl (C=O) groups excluding carboxylic acids is 4. The summed E-state index contributed by atoms with van der Waals surface area (Å²) >= 11 is 6.96. The summed E-state index contributed by atoms with van der Waals surface area (Å²) in [7, 11) is 1.28. The molecule has 0 saturated carbocycles. The van der Waals surface area contributed by atoms with E-state index in [2.05, 4.69) is 0 Å². The van der Waals surface area contributed by atoms with Gasteiger partial charge in [-0.05, 0) is 110 Å². The molecule has 2 N–H and O–H groups in total. The van der Waals surface area contributed by atoms with E-state index in [-0.39, 0.29) is 49.0 Å². The van der Waals surface area contributed by atoms with Crippen LogP contribution in [0.3, 0.4) is 0 Å². The number of Topliss-reactive ketones (excluding diaryl/α,β-unsaturated/α-hetero) is 2. The number of carbonyl (C=O) groups is 4. The minimum absolute atomic E-state index is 0.00521. The number of esters is 1. The number of rotatable bonds is 2. The normalized spacial score (nSPS) is 41.5. The Hall–Kier alpha value is -2.39. The van der Waals surface area contributed by atoms with Gasteiger partial charge in [-0.1, -0.05) is 48.3 Å². The number of fused-ring (bicyclic) bond motifs is 5. The average Bonchev–Trinajstić information content (AvgIpc) is 3.03. The first-order valence-electron chi connectivity index (χ1n) is 18.4. The van der Waals surface area contributed by atoms with Crippen LogP contribution in [0.25, 0.3) is 0 Å². The van der Waals surface area contributed by atoms with Crippen LogP contribution in [0.5, 0.6) is 0 Å². The minimum atomic E-state index is -1.66. The third-order valence-electron chi connectivity index (χ3n) is 12.3. The smallest absolute Gasteiger partial charge is 0.313 e. The van der Waals surface area contributed by atoms with Gasteiger partial charge in [0.1, 0.15) is 11.4 Å². The Morgan fingerprint density at radius 3 is 2.32 bits per heavy atom. The maximum absolute atomic E-state index is 14.7. The molecule has 8 nitrogen and oxygen atoms in total. The molecular formula is C41H59ClO8. The number of halogens is 1. The van der Waals surface area contributed by atoms with Crippen LogP contribution < -0.4 is 0 Å². The molecule has 1 saturated heterocycles. The van der Waals surface area contributed by atoms with Gasteiger partial charge < -0.3 is 19.7 Å². The zero-order valence-corrected chi connectivity index (χ0v) is 32.3.